The molecule has 0 aromatic heterocycles. The van der Waals surface area contributed by atoms with Crippen LogP contribution in [0.3, 0.4) is 0 Å². The summed E-state index contributed by atoms with van der Waals surface area (Å²) in [4.78, 5) is -0.123. The summed E-state index contributed by atoms with van der Waals surface area (Å²) in [5, 5.41) is 24.4. The topological polar surface area (TPSA) is 112 Å². The van der Waals surface area contributed by atoms with Crippen molar-refractivity contribution in [1.29, 1.82) is 0 Å². The largest absolute Gasteiger partial charge is 0.494 e. The van der Waals surface area contributed by atoms with Crippen molar-refractivity contribution in [2.24, 2.45) is 9.50 Å². The predicted octanol–water partition coefficient (Wildman–Crippen LogP) is 0.708. The van der Waals surface area contributed by atoms with Gasteiger partial charge in [-0.05, 0) is 43.1 Å². The standard InChI is InChI=1S/C18H19BFN3O5S/c1-11(2)23(21-10-12-4-7-15(20)16(8-12)28-3)18-14-6-5-13(19(24)25)9-17(14)29(26,27)22-18/h4-11,24-25H,1-3H3/b21-10+. The van der Waals surface area contributed by atoms with Gasteiger partial charge in [0.25, 0.3) is 10.0 Å². The lowest BCUT2D eigenvalue weighted by atomic mass is 9.80. The van der Waals surface area contributed by atoms with E-state index < -0.39 is 23.0 Å². The number of fused-ring (bicyclic) bond motifs is 1. The van der Waals surface area contributed by atoms with Crippen molar-refractivity contribution in [2.45, 2.75) is 24.8 Å². The van der Waals surface area contributed by atoms with E-state index >= 15 is 0 Å². The summed E-state index contributed by atoms with van der Waals surface area (Å²) in [7, 11) is -4.45. The Balaban J connectivity index is 2.01. The molecule has 0 bridgehead atoms. The monoisotopic (exact) mass is 419 g/mol. The van der Waals surface area contributed by atoms with Crippen molar-refractivity contribution in [1.82, 2.24) is 5.01 Å². The maximum absolute atomic E-state index is 13.6. The molecule has 0 fully saturated rings. The SMILES string of the molecule is COc1cc(/C=N/N(C2=NS(=O)(=O)c3cc(B(O)O)ccc32)C(C)C)ccc1F. The molecule has 2 N–H and O–H groups in total. The van der Waals surface area contributed by atoms with Crippen LogP contribution in [0.15, 0.2) is 50.8 Å². The zero-order valence-corrected chi connectivity index (χ0v) is 16.8. The highest BCUT2D eigenvalue weighted by molar-refractivity contribution is 7.90. The molecule has 0 aliphatic carbocycles. The van der Waals surface area contributed by atoms with Crippen LogP contribution in [0.2, 0.25) is 0 Å². The molecule has 29 heavy (non-hydrogen) atoms. The van der Waals surface area contributed by atoms with Gasteiger partial charge in [0, 0.05) is 11.6 Å². The van der Waals surface area contributed by atoms with Gasteiger partial charge in [-0.1, -0.05) is 18.2 Å². The van der Waals surface area contributed by atoms with Crippen LogP contribution in [-0.2, 0) is 10.0 Å². The highest BCUT2D eigenvalue weighted by Gasteiger charge is 2.34. The summed E-state index contributed by atoms with van der Waals surface area (Å²) < 4.78 is 47.3. The van der Waals surface area contributed by atoms with Crippen LogP contribution in [0, 0.1) is 5.82 Å². The molecule has 1 aliphatic heterocycles. The average molecular weight is 419 g/mol. The lowest BCUT2D eigenvalue weighted by Crippen LogP contribution is -2.33. The van der Waals surface area contributed by atoms with Gasteiger partial charge in [0.15, 0.2) is 17.4 Å². The third-order valence-corrected chi connectivity index (χ3v) is 5.55. The van der Waals surface area contributed by atoms with Gasteiger partial charge in [0.1, 0.15) is 4.90 Å². The lowest BCUT2D eigenvalue weighted by molar-refractivity contribution is 0.371. The first kappa shape index (κ1) is 21.0. The molecule has 0 radical (unpaired) electrons. The van der Waals surface area contributed by atoms with E-state index in [2.05, 4.69) is 9.50 Å². The fourth-order valence-electron chi connectivity index (χ4n) is 2.79. The molecule has 0 atom stereocenters. The minimum Gasteiger partial charge on any atom is -0.494 e. The molecule has 1 heterocycles. The van der Waals surface area contributed by atoms with E-state index in [-0.39, 0.29) is 28.0 Å². The Bertz CT molecular complexity index is 1100. The van der Waals surface area contributed by atoms with E-state index in [1.807, 2.05) is 13.8 Å². The van der Waals surface area contributed by atoms with Crippen molar-refractivity contribution in [3.05, 3.63) is 53.3 Å². The fourth-order valence-corrected chi connectivity index (χ4v) is 4.02. The normalized spacial score (nSPS) is 14.8. The third-order valence-electron chi connectivity index (χ3n) is 4.24. The highest BCUT2D eigenvalue weighted by atomic mass is 32.2. The second-order valence-electron chi connectivity index (χ2n) is 6.60. The fraction of sp³-hybridized carbons (Fsp3) is 0.222. The molecule has 0 amide bonds. The Labute approximate surface area is 168 Å². The molecular formula is C18H19BFN3O5S. The minimum atomic E-state index is -4.01. The van der Waals surface area contributed by atoms with Gasteiger partial charge in [-0.2, -0.15) is 13.5 Å². The first-order valence-corrected chi connectivity index (χ1v) is 10.1. The Kier molecular flexibility index (Phi) is 5.74. The first-order valence-electron chi connectivity index (χ1n) is 8.66. The molecule has 0 saturated carbocycles. The summed E-state index contributed by atoms with van der Waals surface area (Å²) >= 11 is 0. The number of nitrogens with zero attached hydrogens (tertiary/aromatic N) is 3. The number of hydrogen-bond acceptors (Lipinski definition) is 7. The number of hydrazone groups is 1. The van der Waals surface area contributed by atoms with Gasteiger partial charge in [-0.15, -0.1) is 4.40 Å². The first-order chi connectivity index (χ1) is 13.6. The number of ether oxygens (including phenoxy) is 1. The molecule has 11 heteroatoms. The molecular weight excluding hydrogens is 400 g/mol. The van der Waals surface area contributed by atoms with Crippen molar-refractivity contribution in [3.63, 3.8) is 0 Å². The molecule has 0 saturated heterocycles. The summed E-state index contributed by atoms with van der Waals surface area (Å²) in [5.74, 6) is -0.335. The van der Waals surface area contributed by atoms with Crippen molar-refractivity contribution in [2.75, 3.05) is 7.11 Å². The number of sulfonamides is 1. The maximum atomic E-state index is 13.6. The van der Waals surface area contributed by atoms with E-state index in [4.69, 9.17) is 4.74 Å². The smallest absolute Gasteiger partial charge is 0.488 e. The van der Waals surface area contributed by atoms with Crippen LogP contribution in [0.4, 0.5) is 4.39 Å². The Morgan fingerprint density at radius 1 is 1.24 bits per heavy atom. The Hall–Kier alpha value is -2.76. The van der Waals surface area contributed by atoms with Gasteiger partial charge in [-0.25, -0.2) is 9.40 Å². The minimum absolute atomic E-state index is 0.0433. The number of hydrogen-bond donors (Lipinski definition) is 2. The lowest BCUT2D eigenvalue weighted by Gasteiger charge is -2.23. The third kappa shape index (κ3) is 4.16. The van der Waals surface area contributed by atoms with E-state index in [1.54, 1.807) is 0 Å². The molecule has 8 nitrogen and oxygen atoms in total. The van der Waals surface area contributed by atoms with Gasteiger partial charge in [0.05, 0.1) is 13.3 Å². The van der Waals surface area contributed by atoms with Crippen molar-refractivity contribution >= 4 is 34.7 Å². The number of methoxy groups -OCH3 is 1. The van der Waals surface area contributed by atoms with Crippen molar-refractivity contribution < 1.29 is 27.6 Å². The molecule has 2 aromatic carbocycles. The van der Waals surface area contributed by atoms with Crippen LogP contribution in [0.5, 0.6) is 5.75 Å². The van der Waals surface area contributed by atoms with E-state index in [0.29, 0.717) is 11.1 Å². The van der Waals surface area contributed by atoms with Crippen LogP contribution >= 0.6 is 0 Å². The van der Waals surface area contributed by atoms with Crippen LogP contribution in [0.25, 0.3) is 0 Å². The zero-order chi connectivity index (χ0) is 21.3. The quantitative estimate of drug-likeness (QED) is 0.420. The molecule has 152 valence electrons. The van der Waals surface area contributed by atoms with Gasteiger partial charge < -0.3 is 14.8 Å². The van der Waals surface area contributed by atoms with Gasteiger partial charge in [-0.3, -0.25) is 0 Å². The van der Waals surface area contributed by atoms with E-state index in [0.717, 1.165) is 0 Å². The molecule has 0 unspecified atom stereocenters. The highest BCUT2D eigenvalue weighted by Crippen LogP contribution is 2.28. The van der Waals surface area contributed by atoms with Gasteiger partial charge in [0.2, 0.25) is 0 Å². The zero-order valence-electron chi connectivity index (χ0n) is 15.9. The molecule has 3 rings (SSSR count). The summed E-state index contributed by atoms with van der Waals surface area (Å²) in [6.45, 7) is 3.61. The second-order valence-corrected chi connectivity index (χ2v) is 8.17. The van der Waals surface area contributed by atoms with E-state index in [9.17, 15) is 22.9 Å². The number of amidine groups is 1. The average Bonchev–Trinajstić information content (AvgIpc) is 2.93. The second kappa shape index (κ2) is 7.93. The van der Waals surface area contributed by atoms with E-state index in [1.165, 1.54) is 54.7 Å². The van der Waals surface area contributed by atoms with Crippen LogP contribution in [-0.4, -0.2) is 55.8 Å². The summed E-state index contributed by atoms with van der Waals surface area (Å²) in [5.41, 5.74) is 0.896. The van der Waals surface area contributed by atoms with Crippen molar-refractivity contribution in [3.8, 4) is 5.75 Å². The number of benzene rings is 2. The number of rotatable bonds is 5. The Morgan fingerprint density at radius 2 is 1.97 bits per heavy atom. The van der Waals surface area contributed by atoms with Crippen LogP contribution < -0.4 is 10.2 Å². The Morgan fingerprint density at radius 3 is 2.59 bits per heavy atom. The molecule has 0 spiro atoms. The number of halogens is 1. The summed E-state index contributed by atoms with van der Waals surface area (Å²) in [6.07, 6.45) is 1.45. The maximum Gasteiger partial charge on any atom is 0.488 e. The molecule has 1 aliphatic rings. The molecule has 2 aromatic rings. The van der Waals surface area contributed by atoms with Gasteiger partial charge >= 0.3 is 7.12 Å². The van der Waals surface area contributed by atoms with Crippen LogP contribution in [0.1, 0.15) is 25.0 Å². The summed E-state index contributed by atoms with van der Waals surface area (Å²) in [6, 6.07) is 8.01. The predicted molar refractivity (Wildman–Crippen MR) is 108 cm³/mol.